The molecule has 0 radical (unpaired) electrons. The summed E-state index contributed by atoms with van der Waals surface area (Å²) in [5, 5.41) is 7.19. The molecule has 0 saturated heterocycles. The van der Waals surface area contributed by atoms with E-state index < -0.39 is 69.6 Å². The molecule has 12 nitrogen and oxygen atoms in total. The van der Waals surface area contributed by atoms with Crippen LogP contribution in [0.2, 0.25) is 0 Å². The van der Waals surface area contributed by atoms with Crippen LogP contribution in [0.4, 0.5) is 0 Å². The van der Waals surface area contributed by atoms with Crippen LogP contribution in [0.1, 0.15) is 54.4 Å². The Kier molecular flexibility index (Phi) is 10.8. The highest BCUT2D eigenvalue weighted by atomic mass is 31.2. The molecule has 0 fully saturated rings. The van der Waals surface area contributed by atoms with E-state index in [1.54, 1.807) is 41.5 Å². The number of carbonyl (C=O) groups excluding carboxylic acids is 2. The summed E-state index contributed by atoms with van der Waals surface area (Å²) in [5.41, 5.74) is 3.39. The van der Waals surface area contributed by atoms with Crippen LogP contribution in [0.5, 0.6) is 0 Å². The van der Waals surface area contributed by atoms with E-state index in [9.17, 15) is 33.6 Å². The Hall–Kier alpha value is -0.840. The van der Waals surface area contributed by atoms with E-state index >= 15 is 0 Å². The monoisotopic (exact) mass is 477 g/mol. The van der Waals surface area contributed by atoms with Crippen LogP contribution in [-0.4, -0.2) is 52.0 Å². The van der Waals surface area contributed by atoms with Crippen molar-refractivity contribution < 1.29 is 52.1 Å². The molecule has 0 saturated carbocycles. The highest BCUT2D eigenvalue weighted by molar-refractivity contribution is 7.71. The number of hydrogen-bond acceptors (Lipinski definition) is 10. The van der Waals surface area contributed by atoms with Gasteiger partial charge in [-0.25, -0.2) is 0 Å². The molecule has 5 N–H and O–H groups in total. The molecule has 14 heteroatoms. The van der Waals surface area contributed by atoms with Gasteiger partial charge in [0.15, 0.2) is 5.40 Å². The molecule has 0 aromatic carbocycles. The average molecular weight is 477 g/mol. The van der Waals surface area contributed by atoms with Crippen molar-refractivity contribution in [2.75, 3.05) is 13.6 Å². The molecule has 3 atom stereocenters. The van der Waals surface area contributed by atoms with Crippen LogP contribution in [0.25, 0.3) is 0 Å². The van der Waals surface area contributed by atoms with Gasteiger partial charge in [0.2, 0.25) is 13.6 Å². The van der Waals surface area contributed by atoms with Crippen molar-refractivity contribution in [2.45, 2.75) is 66.0 Å². The predicted octanol–water partition coefficient (Wildman–Crippen LogP) is 1.87. The van der Waals surface area contributed by atoms with E-state index in [0.29, 0.717) is 0 Å². The van der Waals surface area contributed by atoms with Gasteiger partial charge in [0.25, 0.3) is 0 Å². The zero-order valence-electron chi connectivity index (χ0n) is 18.1. The minimum absolute atomic E-state index is 0.337. The third-order valence-electron chi connectivity index (χ3n) is 3.55. The van der Waals surface area contributed by atoms with E-state index in [4.69, 9.17) is 15.2 Å². The maximum absolute atomic E-state index is 12.6. The molecule has 0 aliphatic carbocycles. The fourth-order valence-electron chi connectivity index (χ4n) is 1.75. The standard InChI is InChI=1S/C16H33NO11P2/c1-15(2,3)13(19)25-9-27-29(21,22)12(8-7-11(17)18)30(23,24)28-10-26-14(20)16(4,5)6/h11-12,18H,7-10,17H2,1-6H3,(H,21,22)(H,23,24). The van der Waals surface area contributed by atoms with Crippen molar-refractivity contribution in [3.05, 3.63) is 0 Å². The molecule has 178 valence electrons. The van der Waals surface area contributed by atoms with Crippen LogP contribution < -0.4 is 5.73 Å². The Bertz CT molecular complexity index is 630. The zero-order chi connectivity index (χ0) is 24.0. The van der Waals surface area contributed by atoms with E-state index in [-0.39, 0.29) is 6.42 Å². The molecule has 0 rings (SSSR count). The quantitative estimate of drug-likeness (QED) is 0.192. The van der Waals surface area contributed by atoms with Gasteiger partial charge in [0.1, 0.15) is 6.23 Å². The molecule has 0 heterocycles. The fraction of sp³-hybridized carbons (Fsp3) is 0.875. The lowest BCUT2D eigenvalue weighted by molar-refractivity contribution is -0.160. The van der Waals surface area contributed by atoms with Gasteiger partial charge in [0, 0.05) is 0 Å². The molecular weight excluding hydrogens is 444 g/mol. The van der Waals surface area contributed by atoms with Gasteiger partial charge in [-0.05, 0) is 54.4 Å². The summed E-state index contributed by atoms with van der Waals surface area (Å²) in [5.74, 6) is -1.46. The van der Waals surface area contributed by atoms with E-state index in [2.05, 4.69) is 9.05 Å². The molecule has 30 heavy (non-hydrogen) atoms. The molecule has 0 aliphatic heterocycles. The molecule has 0 amide bonds. The Morgan fingerprint density at radius 3 is 1.43 bits per heavy atom. The van der Waals surface area contributed by atoms with Crippen molar-refractivity contribution in [3.8, 4) is 0 Å². The largest absolute Gasteiger partial charge is 0.438 e. The summed E-state index contributed by atoms with van der Waals surface area (Å²) in [6, 6.07) is 0. The summed E-state index contributed by atoms with van der Waals surface area (Å²) in [7, 11) is -9.82. The number of rotatable bonds is 11. The highest BCUT2D eigenvalue weighted by Gasteiger charge is 2.48. The third kappa shape index (κ3) is 10.5. The van der Waals surface area contributed by atoms with Crippen LogP contribution >= 0.6 is 15.2 Å². The number of aliphatic hydroxyl groups excluding tert-OH is 1. The van der Waals surface area contributed by atoms with E-state index in [1.807, 2.05) is 0 Å². The van der Waals surface area contributed by atoms with Gasteiger partial charge in [0.05, 0.1) is 10.8 Å². The second-order valence-corrected chi connectivity index (χ2v) is 13.0. The second kappa shape index (κ2) is 11.2. The smallest absolute Gasteiger partial charge is 0.346 e. The number of nitrogens with two attached hydrogens (primary N) is 1. The molecule has 0 aromatic rings. The van der Waals surface area contributed by atoms with Gasteiger partial charge in [-0.3, -0.25) is 27.8 Å². The topological polar surface area (TPSA) is 192 Å². The minimum atomic E-state index is -4.91. The van der Waals surface area contributed by atoms with Crippen molar-refractivity contribution in [1.82, 2.24) is 0 Å². The fourth-order valence-corrected chi connectivity index (χ4v) is 5.32. The number of carbonyl (C=O) groups is 2. The lowest BCUT2D eigenvalue weighted by Gasteiger charge is -2.27. The van der Waals surface area contributed by atoms with Gasteiger partial charge in [-0.1, -0.05) is 0 Å². The van der Waals surface area contributed by atoms with Crippen LogP contribution in [0.3, 0.4) is 0 Å². The summed E-state index contributed by atoms with van der Waals surface area (Å²) < 4.78 is 44.0. The zero-order valence-corrected chi connectivity index (χ0v) is 19.9. The Balaban J connectivity index is 5.24. The summed E-state index contributed by atoms with van der Waals surface area (Å²) in [4.78, 5) is 43.8. The number of esters is 2. The first-order chi connectivity index (χ1) is 13.3. The number of aliphatic hydroxyl groups is 1. The Morgan fingerprint density at radius 1 is 0.833 bits per heavy atom. The van der Waals surface area contributed by atoms with Gasteiger partial charge >= 0.3 is 27.1 Å². The SMILES string of the molecule is CC(C)(C)C(=O)OCOP(=O)(O)C(CCC(N)O)P(=O)(O)OCOC(=O)C(C)(C)C. The van der Waals surface area contributed by atoms with Crippen molar-refractivity contribution in [2.24, 2.45) is 16.6 Å². The summed E-state index contributed by atoms with van der Waals surface area (Å²) in [6.07, 6.45) is -2.32. The normalized spacial score (nSPS) is 18.6. The average Bonchev–Trinajstić information content (AvgIpc) is 2.51. The number of hydrogen-bond donors (Lipinski definition) is 4. The maximum Gasteiger partial charge on any atom is 0.346 e. The Labute approximate surface area is 176 Å². The minimum Gasteiger partial charge on any atom is -0.438 e. The van der Waals surface area contributed by atoms with Gasteiger partial charge in [-0.2, -0.15) is 0 Å². The van der Waals surface area contributed by atoms with Crippen LogP contribution in [0, 0.1) is 10.8 Å². The Morgan fingerprint density at radius 2 is 1.17 bits per heavy atom. The maximum atomic E-state index is 12.6. The first kappa shape index (κ1) is 29.2. The molecule has 3 unspecified atom stereocenters. The first-order valence-electron chi connectivity index (χ1n) is 9.03. The van der Waals surface area contributed by atoms with E-state index in [0.717, 1.165) is 0 Å². The van der Waals surface area contributed by atoms with Gasteiger partial charge in [-0.15, -0.1) is 0 Å². The van der Waals surface area contributed by atoms with Gasteiger partial charge < -0.3 is 30.1 Å². The van der Waals surface area contributed by atoms with Crippen LogP contribution in [-0.2, 0) is 37.2 Å². The lowest BCUT2D eigenvalue weighted by atomic mass is 9.98. The molecular formula is C16H33NO11P2. The van der Waals surface area contributed by atoms with Crippen LogP contribution in [0.15, 0.2) is 0 Å². The number of ether oxygens (including phenoxy) is 2. The molecule has 0 bridgehead atoms. The summed E-state index contributed by atoms with van der Waals surface area (Å²) >= 11 is 0. The molecule has 0 spiro atoms. The van der Waals surface area contributed by atoms with Crippen molar-refractivity contribution in [3.63, 3.8) is 0 Å². The highest BCUT2D eigenvalue weighted by Crippen LogP contribution is 2.67. The lowest BCUT2D eigenvalue weighted by Crippen LogP contribution is -2.26. The molecule has 0 aliphatic rings. The van der Waals surface area contributed by atoms with Crippen molar-refractivity contribution in [1.29, 1.82) is 0 Å². The summed E-state index contributed by atoms with van der Waals surface area (Å²) in [6.45, 7) is 7.39. The van der Waals surface area contributed by atoms with Crippen molar-refractivity contribution >= 4 is 27.1 Å². The van der Waals surface area contributed by atoms with E-state index in [1.165, 1.54) is 0 Å². The first-order valence-corrected chi connectivity index (χ1v) is 12.3. The third-order valence-corrected chi connectivity index (χ3v) is 8.28. The predicted molar refractivity (Wildman–Crippen MR) is 106 cm³/mol. The second-order valence-electron chi connectivity index (χ2n) is 8.61. The molecule has 0 aromatic heterocycles.